The van der Waals surface area contributed by atoms with Crippen LogP contribution in [0.2, 0.25) is 10.0 Å². The first-order valence-corrected chi connectivity index (χ1v) is 8.91. The van der Waals surface area contributed by atoms with Crippen LogP contribution < -0.4 is 10.1 Å². The van der Waals surface area contributed by atoms with E-state index in [9.17, 15) is 9.59 Å². The number of ether oxygens (including phenoxy) is 2. The van der Waals surface area contributed by atoms with Gasteiger partial charge in [-0.2, -0.15) is 0 Å². The molecule has 128 valence electrons. The van der Waals surface area contributed by atoms with Gasteiger partial charge in [-0.25, -0.2) is 9.78 Å². The van der Waals surface area contributed by atoms with Crippen molar-refractivity contribution >= 4 is 67.5 Å². The standard InChI is InChI=1S/C14H11BrCl2N2O4S/c1-7(23-10-3-2-8(16)4-9(10)17)13(21)22-6-12(20)19-14-18-5-11(15)24-14/h2-5,7H,6H2,1H3,(H,18,19,20). The number of carbonyl (C=O) groups is 2. The molecular formula is C14H11BrCl2N2O4S. The van der Waals surface area contributed by atoms with Crippen molar-refractivity contribution in [3.05, 3.63) is 38.2 Å². The Kier molecular flexibility index (Phi) is 6.85. The molecule has 6 nitrogen and oxygen atoms in total. The van der Waals surface area contributed by atoms with Crippen LogP contribution in [0.15, 0.2) is 28.2 Å². The third kappa shape index (κ3) is 5.62. The van der Waals surface area contributed by atoms with Crippen molar-refractivity contribution in [2.24, 2.45) is 0 Å². The summed E-state index contributed by atoms with van der Waals surface area (Å²) in [5.41, 5.74) is 0. The summed E-state index contributed by atoms with van der Waals surface area (Å²) in [6, 6.07) is 4.62. The molecule has 2 rings (SSSR count). The van der Waals surface area contributed by atoms with Gasteiger partial charge in [-0.15, -0.1) is 0 Å². The van der Waals surface area contributed by atoms with Crippen LogP contribution >= 0.6 is 50.5 Å². The summed E-state index contributed by atoms with van der Waals surface area (Å²) in [4.78, 5) is 27.5. The van der Waals surface area contributed by atoms with E-state index in [0.29, 0.717) is 15.9 Å². The van der Waals surface area contributed by atoms with Gasteiger partial charge in [0.15, 0.2) is 17.8 Å². The number of anilines is 1. The number of hydrogen-bond donors (Lipinski definition) is 1. The fraction of sp³-hybridized carbons (Fsp3) is 0.214. The normalized spacial score (nSPS) is 11.7. The average Bonchev–Trinajstić information content (AvgIpc) is 2.92. The lowest BCUT2D eigenvalue weighted by atomic mass is 10.3. The molecule has 0 bridgehead atoms. The van der Waals surface area contributed by atoms with Crippen molar-refractivity contribution in [3.8, 4) is 5.75 Å². The molecule has 0 spiro atoms. The first-order valence-electron chi connectivity index (χ1n) is 6.54. The monoisotopic (exact) mass is 452 g/mol. The number of amides is 1. The zero-order valence-corrected chi connectivity index (χ0v) is 16.1. The largest absolute Gasteiger partial charge is 0.477 e. The molecule has 0 aliphatic heterocycles. The van der Waals surface area contributed by atoms with Gasteiger partial charge in [-0.3, -0.25) is 10.1 Å². The molecule has 1 aromatic carbocycles. The highest BCUT2D eigenvalue weighted by molar-refractivity contribution is 9.11. The van der Waals surface area contributed by atoms with Gasteiger partial charge in [0.1, 0.15) is 5.75 Å². The van der Waals surface area contributed by atoms with Crippen molar-refractivity contribution < 1.29 is 19.1 Å². The predicted molar refractivity (Wildman–Crippen MR) is 96.0 cm³/mol. The number of nitrogens with one attached hydrogen (secondary N) is 1. The molecule has 1 amide bonds. The lowest BCUT2D eigenvalue weighted by molar-refractivity contribution is -0.153. The molecule has 1 aromatic heterocycles. The molecule has 0 radical (unpaired) electrons. The zero-order valence-electron chi connectivity index (χ0n) is 12.2. The smallest absolute Gasteiger partial charge is 0.347 e. The fourth-order valence-corrected chi connectivity index (χ4v) is 3.11. The molecule has 1 N–H and O–H groups in total. The Hall–Kier alpha value is -1.35. The van der Waals surface area contributed by atoms with E-state index >= 15 is 0 Å². The molecule has 1 heterocycles. The Labute approximate surface area is 160 Å². The zero-order chi connectivity index (χ0) is 17.7. The second-order valence-electron chi connectivity index (χ2n) is 4.46. The van der Waals surface area contributed by atoms with Gasteiger partial charge >= 0.3 is 5.97 Å². The van der Waals surface area contributed by atoms with Gasteiger partial charge in [0.2, 0.25) is 0 Å². The number of benzene rings is 1. The third-order valence-electron chi connectivity index (χ3n) is 2.60. The third-order valence-corrected chi connectivity index (χ3v) is 4.52. The maximum absolute atomic E-state index is 11.9. The maximum Gasteiger partial charge on any atom is 0.347 e. The molecule has 0 aliphatic carbocycles. The molecule has 1 unspecified atom stereocenters. The van der Waals surface area contributed by atoms with E-state index in [0.717, 1.165) is 3.79 Å². The lowest BCUT2D eigenvalue weighted by Gasteiger charge is -2.14. The van der Waals surface area contributed by atoms with Crippen molar-refractivity contribution in [2.45, 2.75) is 13.0 Å². The van der Waals surface area contributed by atoms with Crippen molar-refractivity contribution in [1.82, 2.24) is 4.98 Å². The number of aromatic nitrogens is 1. The van der Waals surface area contributed by atoms with Crippen molar-refractivity contribution in [3.63, 3.8) is 0 Å². The van der Waals surface area contributed by atoms with Crippen LogP contribution in [0.4, 0.5) is 5.13 Å². The SMILES string of the molecule is CC(Oc1ccc(Cl)cc1Cl)C(=O)OCC(=O)Nc1ncc(Br)s1. The van der Waals surface area contributed by atoms with Crippen LogP contribution in [-0.2, 0) is 14.3 Å². The number of halogens is 3. The Morgan fingerprint density at radius 1 is 1.42 bits per heavy atom. The molecule has 0 fully saturated rings. The highest BCUT2D eigenvalue weighted by atomic mass is 79.9. The van der Waals surface area contributed by atoms with Crippen LogP contribution in [-0.4, -0.2) is 29.6 Å². The number of rotatable bonds is 6. The van der Waals surface area contributed by atoms with E-state index in [1.54, 1.807) is 18.3 Å². The molecule has 24 heavy (non-hydrogen) atoms. The topological polar surface area (TPSA) is 77.5 Å². The highest BCUT2D eigenvalue weighted by Gasteiger charge is 2.19. The van der Waals surface area contributed by atoms with Crippen LogP contribution in [0.5, 0.6) is 5.75 Å². The second-order valence-corrected chi connectivity index (χ2v) is 7.71. The molecule has 0 saturated carbocycles. The number of hydrogen-bond acceptors (Lipinski definition) is 6. The van der Waals surface area contributed by atoms with E-state index in [4.69, 9.17) is 32.7 Å². The summed E-state index contributed by atoms with van der Waals surface area (Å²) in [5.74, 6) is -0.902. The van der Waals surface area contributed by atoms with Crippen molar-refractivity contribution in [2.75, 3.05) is 11.9 Å². The predicted octanol–water partition coefficient (Wildman–Crippen LogP) is 4.16. The maximum atomic E-state index is 11.9. The Morgan fingerprint density at radius 3 is 2.79 bits per heavy atom. The molecule has 0 aliphatic rings. The quantitative estimate of drug-likeness (QED) is 0.664. The summed E-state index contributed by atoms with van der Waals surface area (Å²) in [5, 5.41) is 3.63. The number of carbonyl (C=O) groups excluding carboxylic acids is 2. The first kappa shape index (κ1) is 19.0. The van der Waals surface area contributed by atoms with Crippen LogP contribution in [0.1, 0.15) is 6.92 Å². The van der Waals surface area contributed by atoms with Gasteiger partial charge in [0.05, 0.1) is 15.0 Å². The van der Waals surface area contributed by atoms with Gasteiger partial charge in [-0.05, 0) is 41.1 Å². The molecule has 0 saturated heterocycles. The number of thiazole rings is 1. The van der Waals surface area contributed by atoms with Gasteiger partial charge in [0, 0.05) is 5.02 Å². The molecule has 1 atom stereocenters. The number of esters is 1. The van der Waals surface area contributed by atoms with Crippen LogP contribution in [0, 0.1) is 0 Å². The van der Waals surface area contributed by atoms with E-state index in [-0.39, 0.29) is 5.02 Å². The summed E-state index contributed by atoms with van der Waals surface area (Å²) >= 11 is 16.2. The summed E-state index contributed by atoms with van der Waals surface area (Å²) in [6.45, 7) is 1.04. The Balaban J connectivity index is 1.81. The van der Waals surface area contributed by atoms with Gasteiger partial charge in [-0.1, -0.05) is 34.5 Å². The minimum absolute atomic E-state index is 0.272. The molecule has 2 aromatic rings. The van der Waals surface area contributed by atoms with Gasteiger partial charge < -0.3 is 9.47 Å². The van der Waals surface area contributed by atoms with Gasteiger partial charge in [0.25, 0.3) is 5.91 Å². The average molecular weight is 454 g/mol. The van der Waals surface area contributed by atoms with E-state index < -0.39 is 24.6 Å². The summed E-state index contributed by atoms with van der Waals surface area (Å²) in [7, 11) is 0. The fourth-order valence-electron chi connectivity index (χ4n) is 1.53. The second kappa shape index (κ2) is 8.66. The van der Waals surface area contributed by atoms with E-state index in [1.807, 2.05) is 0 Å². The molecular weight excluding hydrogens is 443 g/mol. The van der Waals surface area contributed by atoms with Crippen molar-refractivity contribution in [1.29, 1.82) is 0 Å². The summed E-state index contributed by atoms with van der Waals surface area (Å²) < 4.78 is 11.1. The lowest BCUT2D eigenvalue weighted by Crippen LogP contribution is -2.29. The Bertz CT molecular complexity index is 756. The van der Waals surface area contributed by atoms with Crippen LogP contribution in [0.25, 0.3) is 0 Å². The molecule has 10 heteroatoms. The Morgan fingerprint density at radius 2 is 2.17 bits per heavy atom. The highest BCUT2D eigenvalue weighted by Crippen LogP contribution is 2.28. The minimum atomic E-state index is -0.939. The van der Waals surface area contributed by atoms with Crippen LogP contribution in [0.3, 0.4) is 0 Å². The minimum Gasteiger partial charge on any atom is -0.477 e. The first-order chi connectivity index (χ1) is 11.3. The summed E-state index contributed by atoms with van der Waals surface area (Å²) in [6.07, 6.45) is 0.614. The van der Waals surface area contributed by atoms with E-state index in [1.165, 1.54) is 24.3 Å². The van der Waals surface area contributed by atoms with E-state index in [2.05, 4.69) is 26.2 Å². The number of nitrogens with zero attached hydrogens (tertiary/aromatic N) is 1.